The number of phenolic OH excluding ortho intramolecular Hbond substituents is 1. The first-order chi connectivity index (χ1) is 11.8. The number of hydrogen-bond donors (Lipinski definition) is 2. The van der Waals surface area contributed by atoms with Gasteiger partial charge in [0.05, 0.1) is 4.92 Å². The lowest BCUT2D eigenvalue weighted by Crippen LogP contribution is -2.15. The first kappa shape index (κ1) is 18.3. The number of nitro groups is 1. The second-order valence-electron chi connectivity index (χ2n) is 4.77. The predicted molar refractivity (Wildman–Crippen MR) is 87.2 cm³/mol. The second kappa shape index (κ2) is 7.67. The number of carbonyl (C=O) groups excluding carboxylic acids is 1. The maximum atomic E-state index is 13.0. The molecule has 1 amide bonds. The predicted octanol–water partition coefficient (Wildman–Crippen LogP) is 3.29. The summed E-state index contributed by atoms with van der Waals surface area (Å²) < 4.78 is 25.8. The number of nitrogens with one attached hydrogen (secondary N) is 1. The number of anilines is 1. The molecule has 0 aromatic heterocycles. The van der Waals surface area contributed by atoms with Gasteiger partial charge in [0.15, 0.2) is 11.6 Å². The monoisotopic (exact) mass is 369 g/mol. The minimum Gasteiger partial charge on any atom is -0.502 e. The highest BCUT2D eigenvalue weighted by atomic mass is 35.5. The number of nitro benzene ring substituents is 1. The number of hydrogen-bond acceptors (Lipinski definition) is 5. The Morgan fingerprint density at radius 1 is 1.32 bits per heavy atom. The van der Waals surface area contributed by atoms with E-state index in [1.807, 2.05) is 0 Å². The van der Waals surface area contributed by atoms with Gasteiger partial charge in [0.2, 0.25) is 11.7 Å². The van der Waals surface area contributed by atoms with Crippen molar-refractivity contribution in [2.75, 3.05) is 11.9 Å². The van der Waals surface area contributed by atoms with E-state index in [4.69, 9.17) is 11.6 Å². The highest BCUT2D eigenvalue weighted by Gasteiger charge is 2.17. The molecule has 25 heavy (non-hydrogen) atoms. The number of aromatic hydroxyl groups is 1. The highest BCUT2D eigenvalue weighted by Crippen LogP contribution is 2.32. The topological polar surface area (TPSA) is 105 Å². The Morgan fingerprint density at radius 2 is 2.04 bits per heavy atom. The summed E-state index contributed by atoms with van der Waals surface area (Å²) in [6.07, 6.45) is 1.04. The van der Waals surface area contributed by atoms with Crippen molar-refractivity contribution in [2.45, 2.75) is 0 Å². The molecule has 0 aliphatic carbocycles. The van der Waals surface area contributed by atoms with Gasteiger partial charge in [0, 0.05) is 34.6 Å². The van der Waals surface area contributed by atoms with Crippen molar-refractivity contribution in [3.63, 3.8) is 0 Å². The molecule has 0 atom stereocenters. The molecule has 0 aliphatic rings. The smallest absolute Gasteiger partial charge is 0.312 e. The first-order valence-corrected chi connectivity index (χ1v) is 7.07. The molecule has 0 unspecified atom stereocenters. The summed E-state index contributed by atoms with van der Waals surface area (Å²) in [5.74, 6) is -3.44. The fraction of sp³-hybridized carbons (Fsp3) is 0.0667. The number of rotatable bonds is 5. The van der Waals surface area contributed by atoms with Crippen LogP contribution in [0.15, 0.2) is 35.3 Å². The van der Waals surface area contributed by atoms with Gasteiger partial charge in [0.1, 0.15) is 6.54 Å². The van der Waals surface area contributed by atoms with Gasteiger partial charge in [-0.25, -0.2) is 8.78 Å². The van der Waals surface area contributed by atoms with Crippen LogP contribution >= 0.6 is 11.6 Å². The molecule has 2 rings (SSSR count). The maximum Gasteiger partial charge on any atom is 0.312 e. The second-order valence-corrected chi connectivity index (χ2v) is 5.20. The lowest BCUT2D eigenvalue weighted by atomic mass is 10.2. The lowest BCUT2D eigenvalue weighted by molar-refractivity contribution is -0.385. The minimum absolute atomic E-state index is 0.0113. The summed E-state index contributed by atoms with van der Waals surface area (Å²) in [6, 6.07) is 5.05. The molecule has 0 fully saturated rings. The molecule has 0 aliphatic heterocycles. The molecule has 7 nitrogen and oxygen atoms in total. The normalized spacial score (nSPS) is 10.8. The maximum absolute atomic E-state index is 13.0. The van der Waals surface area contributed by atoms with Crippen molar-refractivity contribution in [3.05, 3.63) is 62.7 Å². The van der Waals surface area contributed by atoms with Crippen LogP contribution in [-0.4, -0.2) is 28.7 Å². The van der Waals surface area contributed by atoms with Crippen molar-refractivity contribution in [3.8, 4) is 5.75 Å². The molecule has 0 bridgehead atoms. The van der Waals surface area contributed by atoms with Crippen LogP contribution in [0, 0.1) is 21.7 Å². The lowest BCUT2D eigenvalue weighted by Gasteiger charge is -2.04. The Labute approximate surface area is 144 Å². The third-order valence-electron chi connectivity index (χ3n) is 2.95. The summed E-state index contributed by atoms with van der Waals surface area (Å²) >= 11 is 5.72. The third-order valence-corrected chi connectivity index (χ3v) is 3.17. The number of nitrogens with zero attached hydrogens (tertiary/aromatic N) is 2. The zero-order valence-electron chi connectivity index (χ0n) is 12.4. The van der Waals surface area contributed by atoms with E-state index in [1.54, 1.807) is 0 Å². The van der Waals surface area contributed by atoms with Crippen LogP contribution < -0.4 is 5.32 Å². The molecule has 0 spiro atoms. The van der Waals surface area contributed by atoms with E-state index in [1.165, 1.54) is 12.1 Å². The van der Waals surface area contributed by atoms with Gasteiger partial charge in [0.25, 0.3) is 0 Å². The Bertz CT molecular complexity index is 874. The Morgan fingerprint density at radius 3 is 2.68 bits per heavy atom. The summed E-state index contributed by atoms with van der Waals surface area (Å²) in [4.78, 5) is 25.4. The van der Waals surface area contributed by atoms with Crippen LogP contribution in [0.5, 0.6) is 5.75 Å². The number of aliphatic imine (C=N–C) groups is 1. The molecule has 0 saturated carbocycles. The SMILES string of the molecule is O=C(CN=Cc1cc(Cl)cc([N+](=O)[O-])c1O)Nc1ccc(F)c(F)c1. The van der Waals surface area contributed by atoms with Crippen LogP contribution in [-0.2, 0) is 4.79 Å². The van der Waals surface area contributed by atoms with E-state index < -0.39 is 40.4 Å². The Balaban J connectivity index is 2.06. The van der Waals surface area contributed by atoms with Crippen LogP contribution in [0.4, 0.5) is 20.2 Å². The number of amides is 1. The zero-order valence-corrected chi connectivity index (χ0v) is 13.1. The van der Waals surface area contributed by atoms with Crippen LogP contribution in [0.25, 0.3) is 0 Å². The third kappa shape index (κ3) is 4.70. The molecular formula is C15H10ClF2N3O4. The average molecular weight is 370 g/mol. The Kier molecular flexibility index (Phi) is 5.60. The van der Waals surface area contributed by atoms with Gasteiger partial charge < -0.3 is 10.4 Å². The highest BCUT2D eigenvalue weighted by molar-refractivity contribution is 6.31. The molecular weight excluding hydrogens is 360 g/mol. The minimum atomic E-state index is -1.11. The molecule has 2 N–H and O–H groups in total. The van der Waals surface area contributed by atoms with Gasteiger partial charge in [-0.1, -0.05) is 11.6 Å². The van der Waals surface area contributed by atoms with Gasteiger partial charge in [-0.2, -0.15) is 0 Å². The summed E-state index contributed by atoms with van der Waals surface area (Å²) in [7, 11) is 0. The van der Waals surface area contributed by atoms with Crippen molar-refractivity contribution in [1.29, 1.82) is 0 Å². The van der Waals surface area contributed by atoms with Crippen molar-refractivity contribution >= 4 is 35.1 Å². The molecule has 0 heterocycles. The molecule has 130 valence electrons. The van der Waals surface area contributed by atoms with E-state index >= 15 is 0 Å². The van der Waals surface area contributed by atoms with E-state index in [0.717, 1.165) is 24.4 Å². The number of halogens is 3. The van der Waals surface area contributed by atoms with E-state index in [0.29, 0.717) is 0 Å². The van der Waals surface area contributed by atoms with Crippen LogP contribution in [0.3, 0.4) is 0 Å². The summed E-state index contributed by atoms with van der Waals surface area (Å²) in [6.45, 7) is -0.418. The van der Waals surface area contributed by atoms with Crippen LogP contribution in [0.1, 0.15) is 5.56 Å². The van der Waals surface area contributed by atoms with Crippen molar-refractivity contribution < 1.29 is 23.6 Å². The molecule has 10 heteroatoms. The average Bonchev–Trinajstić information content (AvgIpc) is 2.53. The molecule has 0 radical (unpaired) electrons. The summed E-state index contributed by atoms with van der Waals surface area (Å²) in [5.41, 5.74) is -0.597. The quantitative estimate of drug-likeness (QED) is 0.479. The number of benzene rings is 2. The first-order valence-electron chi connectivity index (χ1n) is 6.69. The summed E-state index contributed by atoms with van der Waals surface area (Å²) in [5, 5.41) is 22.9. The number of carbonyl (C=O) groups is 1. The largest absolute Gasteiger partial charge is 0.502 e. The fourth-order valence-electron chi connectivity index (χ4n) is 1.84. The van der Waals surface area contributed by atoms with Crippen molar-refractivity contribution in [2.24, 2.45) is 4.99 Å². The van der Waals surface area contributed by atoms with Gasteiger partial charge in [-0.15, -0.1) is 0 Å². The number of phenols is 1. The standard InChI is InChI=1S/C15H10ClF2N3O4/c16-9-3-8(15(23)13(4-9)21(24)25)6-19-7-14(22)20-10-1-2-11(17)12(18)5-10/h1-6,23H,7H2,(H,20,22). The Hall–Kier alpha value is -3.07. The van der Waals surface area contributed by atoms with E-state index in [-0.39, 0.29) is 16.3 Å². The van der Waals surface area contributed by atoms with Gasteiger partial charge in [-0.3, -0.25) is 19.9 Å². The fourth-order valence-corrected chi connectivity index (χ4v) is 2.07. The molecule has 2 aromatic carbocycles. The zero-order chi connectivity index (χ0) is 18.6. The van der Waals surface area contributed by atoms with Crippen LogP contribution in [0.2, 0.25) is 5.02 Å². The van der Waals surface area contributed by atoms with Gasteiger partial charge >= 0.3 is 5.69 Å². The molecule has 2 aromatic rings. The van der Waals surface area contributed by atoms with E-state index in [2.05, 4.69) is 10.3 Å². The van der Waals surface area contributed by atoms with Crippen molar-refractivity contribution in [1.82, 2.24) is 0 Å². The van der Waals surface area contributed by atoms with E-state index in [9.17, 15) is 28.8 Å². The molecule has 0 saturated heterocycles. The van der Waals surface area contributed by atoms with Gasteiger partial charge in [-0.05, 0) is 18.2 Å².